The van der Waals surface area contributed by atoms with Crippen molar-refractivity contribution in [2.75, 3.05) is 19.8 Å². The van der Waals surface area contributed by atoms with E-state index in [0.29, 0.717) is 19.6 Å². The van der Waals surface area contributed by atoms with Crippen LogP contribution in [-0.4, -0.2) is 42.1 Å². The van der Waals surface area contributed by atoms with Crippen molar-refractivity contribution in [3.63, 3.8) is 0 Å². The van der Waals surface area contributed by atoms with E-state index in [4.69, 9.17) is 14.3 Å². The first kappa shape index (κ1) is 17.2. The van der Waals surface area contributed by atoms with Crippen molar-refractivity contribution in [3.05, 3.63) is 24.2 Å². The van der Waals surface area contributed by atoms with Crippen LogP contribution in [0.4, 0.5) is 0 Å². The molecule has 0 amide bonds. The number of furan rings is 1. The summed E-state index contributed by atoms with van der Waals surface area (Å²) >= 11 is 0. The third-order valence-electron chi connectivity index (χ3n) is 3.20. The summed E-state index contributed by atoms with van der Waals surface area (Å²) in [5.74, 6) is 0.748. The van der Waals surface area contributed by atoms with Gasteiger partial charge < -0.3 is 24.7 Å². The van der Waals surface area contributed by atoms with E-state index in [0.717, 1.165) is 5.76 Å². The zero-order chi connectivity index (χ0) is 15.0. The van der Waals surface area contributed by atoms with Crippen molar-refractivity contribution < 1.29 is 19.4 Å². The average Bonchev–Trinajstić information content (AvgIpc) is 2.86. The third-order valence-corrected chi connectivity index (χ3v) is 3.20. The van der Waals surface area contributed by atoms with Crippen LogP contribution in [0.15, 0.2) is 22.8 Å². The van der Waals surface area contributed by atoms with Gasteiger partial charge in [0.1, 0.15) is 12.4 Å². The summed E-state index contributed by atoms with van der Waals surface area (Å²) in [5, 5.41) is 22.2. The van der Waals surface area contributed by atoms with E-state index in [2.05, 4.69) is 26.1 Å². The molecule has 1 rings (SSSR count). The summed E-state index contributed by atoms with van der Waals surface area (Å²) in [6.45, 7) is 7.54. The summed E-state index contributed by atoms with van der Waals surface area (Å²) < 4.78 is 10.5. The zero-order valence-corrected chi connectivity index (χ0v) is 12.6. The van der Waals surface area contributed by atoms with E-state index in [-0.39, 0.29) is 24.7 Å². The number of rotatable bonds is 9. The van der Waals surface area contributed by atoms with E-state index in [1.165, 1.54) is 0 Å². The van der Waals surface area contributed by atoms with Crippen molar-refractivity contribution in [1.82, 2.24) is 5.32 Å². The maximum Gasteiger partial charge on any atom is 0.129 e. The molecule has 0 aromatic carbocycles. The van der Waals surface area contributed by atoms with Gasteiger partial charge in [0.2, 0.25) is 0 Å². The molecule has 1 aromatic heterocycles. The van der Waals surface area contributed by atoms with Crippen LogP contribution in [0.25, 0.3) is 0 Å². The van der Waals surface area contributed by atoms with Crippen molar-refractivity contribution in [3.8, 4) is 0 Å². The minimum Gasteiger partial charge on any atom is -0.467 e. The van der Waals surface area contributed by atoms with Gasteiger partial charge in [-0.25, -0.2) is 0 Å². The second-order valence-electron chi connectivity index (χ2n) is 6.09. The SMILES string of the molecule is CC(C)(C)C(CCO)NCC(O)COCc1ccco1. The minimum atomic E-state index is -0.575. The number of hydrogen-bond donors (Lipinski definition) is 3. The topological polar surface area (TPSA) is 74.9 Å². The Morgan fingerprint density at radius 3 is 2.70 bits per heavy atom. The summed E-state index contributed by atoms with van der Waals surface area (Å²) in [6.07, 6.45) is 1.69. The Bertz CT molecular complexity index is 345. The minimum absolute atomic E-state index is 0.0392. The highest BCUT2D eigenvalue weighted by atomic mass is 16.5. The van der Waals surface area contributed by atoms with Gasteiger partial charge in [-0.2, -0.15) is 0 Å². The first-order chi connectivity index (χ1) is 9.43. The first-order valence-electron chi connectivity index (χ1n) is 7.06. The second kappa shape index (κ2) is 8.42. The summed E-state index contributed by atoms with van der Waals surface area (Å²) in [4.78, 5) is 0. The van der Waals surface area contributed by atoms with Crippen LogP contribution >= 0.6 is 0 Å². The van der Waals surface area contributed by atoms with Crippen molar-refractivity contribution in [2.24, 2.45) is 5.41 Å². The Hall–Kier alpha value is -0.880. The average molecular weight is 285 g/mol. The van der Waals surface area contributed by atoms with E-state index in [9.17, 15) is 5.11 Å². The molecule has 0 aliphatic heterocycles. The monoisotopic (exact) mass is 285 g/mol. The standard InChI is InChI=1S/C15H27NO4/c1-15(2,3)14(6-7-17)16-9-12(18)10-19-11-13-5-4-8-20-13/h4-5,8,12,14,16-18H,6-7,9-11H2,1-3H3. The van der Waals surface area contributed by atoms with Crippen LogP contribution in [0.3, 0.4) is 0 Å². The number of hydrogen-bond acceptors (Lipinski definition) is 5. The fourth-order valence-corrected chi connectivity index (χ4v) is 2.00. The molecule has 0 spiro atoms. The van der Waals surface area contributed by atoms with Gasteiger partial charge in [0.05, 0.1) is 19.0 Å². The molecule has 1 aromatic rings. The Kier molecular flexibility index (Phi) is 7.23. The second-order valence-corrected chi connectivity index (χ2v) is 6.09. The number of nitrogens with one attached hydrogen (secondary N) is 1. The zero-order valence-electron chi connectivity index (χ0n) is 12.6. The molecule has 5 heteroatoms. The Morgan fingerprint density at radius 2 is 2.15 bits per heavy atom. The summed E-state index contributed by atoms with van der Waals surface area (Å²) in [7, 11) is 0. The molecule has 0 aliphatic carbocycles. The van der Waals surface area contributed by atoms with Crippen molar-refractivity contribution >= 4 is 0 Å². The van der Waals surface area contributed by atoms with Gasteiger partial charge in [-0.3, -0.25) is 0 Å². The highest BCUT2D eigenvalue weighted by Gasteiger charge is 2.24. The molecule has 2 unspecified atom stereocenters. The Morgan fingerprint density at radius 1 is 1.40 bits per heavy atom. The molecular weight excluding hydrogens is 258 g/mol. The highest BCUT2D eigenvalue weighted by molar-refractivity contribution is 4.96. The highest BCUT2D eigenvalue weighted by Crippen LogP contribution is 2.21. The van der Waals surface area contributed by atoms with Gasteiger partial charge in [0, 0.05) is 19.2 Å². The molecule has 0 fully saturated rings. The van der Waals surface area contributed by atoms with Gasteiger partial charge in [-0.15, -0.1) is 0 Å². The van der Waals surface area contributed by atoms with E-state index in [1.54, 1.807) is 12.3 Å². The number of aliphatic hydroxyl groups is 2. The fourth-order valence-electron chi connectivity index (χ4n) is 2.00. The third kappa shape index (κ3) is 6.52. The number of aliphatic hydroxyl groups excluding tert-OH is 2. The van der Waals surface area contributed by atoms with E-state index in [1.807, 2.05) is 6.07 Å². The molecule has 3 N–H and O–H groups in total. The van der Waals surface area contributed by atoms with Gasteiger partial charge in [0.25, 0.3) is 0 Å². The molecule has 1 heterocycles. The molecule has 116 valence electrons. The Labute approximate surface area is 120 Å². The predicted molar refractivity (Wildman–Crippen MR) is 77.3 cm³/mol. The molecular formula is C15H27NO4. The van der Waals surface area contributed by atoms with E-state index < -0.39 is 6.10 Å². The quantitative estimate of drug-likeness (QED) is 0.642. The predicted octanol–water partition coefficient (Wildman–Crippen LogP) is 1.54. The summed E-state index contributed by atoms with van der Waals surface area (Å²) in [5.41, 5.74) is 0.0392. The first-order valence-corrected chi connectivity index (χ1v) is 7.06. The van der Waals surface area contributed by atoms with Crippen LogP contribution < -0.4 is 5.32 Å². The van der Waals surface area contributed by atoms with Crippen LogP contribution in [0.2, 0.25) is 0 Å². The van der Waals surface area contributed by atoms with Crippen LogP contribution in [0, 0.1) is 5.41 Å². The van der Waals surface area contributed by atoms with Crippen LogP contribution in [-0.2, 0) is 11.3 Å². The largest absolute Gasteiger partial charge is 0.467 e. The van der Waals surface area contributed by atoms with Gasteiger partial charge in [-0.05, 0) is 24.0 Å². The molecule has 0 radical (unpaired) electrons. The van der Waals surface area contributed by atoms with Gasteiger partial charge in [-0.1, -0.05) is 20.8 Å². The number of ether oxygens (including phenoxy) is 1. The Balaban J connectivity index is 2.22. The van der Waals surface area contributed by atoms with Gasteiger partial charge >= 0.3 is 0 Å². The lowest BCUT2D eigenvalue weighted by molar-refractivity contribution is 0.0189. The summed E-state index contributed by atoms with van der Waals surface area (Å²) in [6, 6.07) is 3.80. The molecule has 0 saturated carbocycles. The fraction of sp³-hybridized carbons (Fsp3) is 0.733. The lowest BCUT2D eigenvalue weighted by atomic mass is 9.85. The lowest BCUT2D eigenvalue weighted by Crippen LogP contribution is -2.45. The molecule has 0 aliphatic rings. The molecule has 2 atom stereocenters. The molecule has 5 nitrogen and oxygen atoms in total. The van der Waals surface area contributed by atoms with Crippen molar-refractivity contribution in [1.29, 1.82) is 0 Å². The molecule has 0 bridgehead atoms. The maximum atomic E-state index is 9.88. The lowest BCUT2D eigenvalue weighted by Gasteiger charge is -2.32. The van der Waals surface area contributed by atoms with Crippen molar-refractivity contribution in [2.45, 2.75) is 45.9 Å². The molecule has 20 heavy (non-hydrogen) atoms. The van der Waals surface area contributed by atoms with Gasteiger partial charge in [0.15, 0.2) is 0 Å². The maximum absolute atomic E-state index is 9.88. The molecule has 0 saturated heterocycles. The normalized spacial score (nSPS) is 15.2. The van der Waals surface area contributed by atoms with Crippen LogP contribution in [0.5, 0.6) is 0 Å². The van der Waals surface area contributed by atoms with Crippen LogP contribution in [0.1, 0.15) is 33.0 Å². The smallest absolute Gasteiger partial charge is 0.129 e. The van der Waals surface area contributed by atoms with E-state index >= 15 is 0 Å².